The minimum absolute atomic E-state index is 0.305. The van der Waals surface area contributed by atoms with Gasteiger partial charge in [0.2, 0.25) is 5.91 Å². The van der Waals surface area contributed by atoms with Crippen LogP contribution in [0.15, 0.2) is 0 Å². The van der Waals surface area contributed by atoms with Gasteiger partial charge >= 0.3 is 0 Å². The van der Waals surface area contributed by atoms with Crippen molar-refractivity contribution in [2.75, 3.05) is 19.6 Å². The molecule has 1 aliphatic heterocycles. The van der Waals surface area contributed by atoms with Crippen LogP contribution >= 0.6 is 0 Å². The molecule has 1 saturated heterocycles. The maximum Gasteiger partial charge on any atom is 0.230 e. The van der Waals surface area contributed by atoms with Gasteiger partial charge < -0.3 is 10.6 Å². The summed E-state index contributed by atoms with van der Waals surface area (Å²) in [7, 11) is 0. The molecule has 0 bridgehead atoms. The second-order valence-electron chi connectivity index (χ2n) is 6.73. The molecule has 1 aliphatic carbocycles. The molecule has 2 N–H and O–H groups in total. The van der Waals surface area contributed by atoms with E-state index in [4.69, 9.17) is 5.73 Å². The molecule has 2 fully saturated rings. The summed E-state index contributed by atoms with van der Waals surface area (Å²) in [6, 6.07) is 0. The lowest BCUT2D eigenvalue weighted by Gasteiger charge is -2.36. The highest BCUT2D eigenvalue weighted by Gasteiger charge is 2.45. The first-order chi connectivity index (χ1) is 9.11. The maximum atomic E-state index is 12.8. The molecule has 1 amide bonds. The Labute approximate surface area is 117 Å². The van der Waals surface area contributed by atoms with E-state index in [2.05, 4.69) is 18.7 Å². The van der Waals surface area contributed by atoms with Crippen LogP contribution in [-0.2, 0) is 4.79 Å². The third-order valence-electron chi connectivity index (χ3n) is 5.84. The van der Waals surface area contributed by atoms with Gasteiger partial charge in [-0.25, -0.2) is 0 Å². The molecular formula is C16H30N2O. The van der Waals surface area contributed by atoms with Gasteiger partial charge in [0, 0.05) is 19.6 Å². The SMILES string of the molecule is CCC(CC)(CN)C(=O)N1CCC2(CCCCC2)C1. The average molecular weight is 266 g/mol. The number of likely N-dealkylation sites (tertiary alicyclic amines) is 1. The molecule has 1 heterocycles. The predicted molar refractivity (Wildman–Crippen MR) is 78.8 cm³/mol. The normalized spacial score (nSPS) is 23.0. The standard InChI is InChI=1S/C16H30N2O/c1-3-16(4-2,12-17)14(19)18-11-10-15(13-18)8-6-5-7-9-15/h3-13,17H2,1-2H3. The van der Waals surface area contributed by atoms with E-state index in [1.165, 1.54) is 38.5 Å². The monoisotopic (exact) mass is 266 g/mol. The Bertz CT molecular complexity index is 308. The second kappa shape index (κ2) is 5.82. The number of amides is 1. The molecule has 110 valence electrons. The summed E-state index contributed by atoms with van der Waals surface area (Å²) in [4.78, 5) is 15.0. The van der Waals surface area contributed by atoms with Crippen molar-refractivity contribution in [2.24, 2.45) is 16.6 Å². The number of rotatable bonds is 4. The maximum absolute atomic E-state index is 12.8. The van der Waals surface area contributed by atoms with Crippen LogP contribution < -0.4 is 5.73 Å². The van der Waals surface area contributed by atoms with Gasteiger partial charge in [-0.1, -0.05) is 33.1 Å². The third kappa shape index (κ3) is 2.67. The van der Waals surface area contributed by atoms with Crippen LogP contribution in [0.4, 0.5) is 0 Å². The predicted octanol–water partition coefficient (Wildman–Crippen LogP) is 2.93. The highest BCUT2D eigenvalue weighted by atomic mass is 16.2. The molecule has 0 unspecified atom stereocenters. The largest absolute Gasteiger partial charge is 0.342 e. The molecule has 0 aromatic rings. The summed E-state index contributed by atoms with van der Waals surface area (Å²) in [6.07, 6.45) is 9.68. The first-order valence-electron chi connectivity index (χ1n) is 8.11. The lowest BCUT2D eigenvalue weighted by Crippen LogP contribution is -2.47. The highest BCUT2D eigenvalue weighted by molar-refractivity contribution is 5.83. The zero-order valence-electron chi connectivity index (χ0n) is 12.7. The van der Waals surface area contributed by atoms with Crippen molar-refractivity contribution in [3.8, 4) is 0 Å². The first kappa shape index (κ1) is 14.8. The van der Waals surface area contributed by atoms with Gasteiger partial charge in [-0.2, -0.15) is 0 Å². The topological polar surface area (TPSA) is 46.3 Å². The van der Waals surface area contributed by atoms with Crippen LogP contribution in [-0.4, -0.2) is 30.4 Å². The average Bonchev–Trinajstić information content (AvgIpc) is 2.86. The van der Waals surface area contributed by atoms with Crippen LogP contribution in [0.1, 0.15) is 65.2 Å². The van der Waals surface area contributed by atoms with Crippen molar-refractivity contribution in [2.45, 2.75) is 65.2 Å². The van der Waals surface area contributed by atoms with Crippen LogP contribution in [0.3, 0.4) is 0 Å². The summed E-state index contributed by atoms with van der Waals surface area (Å²) in [5.74, 6) is 0.322. The zero-order valence-corrected chi connectivity index (χ0v) is 12.7. The number of nitrogens with two attached hydrogens (primary N) is 1. The lowest BCUT2D eigenvalue weighted by molar-refractivity contribution is -0.141. The number of nitrogens with zero attached hydrogens (tertiary/aromatic N) is 1. The van der Waals surface area contributed by atoms with E-state index < -0.39 is 0 Å². The minimum Gasteiger partial charge on any atom is -0.342 e. The van der Waals surface area contributed by atoms with Crippen molar-refractivity contribution >= 4 is 5.91 Å². The second-order valence-corrected chi connectivity index (χ2v) is 6.73. The Kier molecular flexibility index (Phi) is 4.54. The Morgan fingerprint density at radius 2 is 1.79 bits per heavy atom. The van der Waals surface area contributed by atoms with E-state index in [1.807, 2.05) is 0 Å². The highest BCUT2D eigenvalue weighted by Crippen LogP contribution is 2.44. The molecule has 0 radical (unpaired) electrons. The number of carbonyl (C=O) groups excluding carboxylic acids is 1. The Balaban J connectivity index is 2.05. The van der Waals surface area contributed by atoms with Gasteiger partial charge in [-0.05, 0) is 37.5 Å². The van der Waals surface area contributed by atoms with E-state index in [1.54, 1.807) is 0 Å². The van der Waals surface area contributed by atoms with Gasteiger partial charge in [-0.3, -0.25) is 4.79 Å². The van der Waals surface area contributed by atoms with Gasteiger partial charge in [0.05, 0.1) is 5.41 Å². The smallest absolute Gasteiger partial charge is 0.230 e. The summed E-state index contributed by atoms with van der Waals surface area (Å²) in [5.41, 5.74) is 6.07. The fourth-order valence-corrected chi connectivity index (χ4v) is 4.08. The number of hydrogen-bond donors (Lipinski definition) is 1. The molecule has 3 nitrogen and oxygen atoms in total. The zero-order chi connectivity index (χ0) is 13.9. The molecule has 0 aromatic heterocycles. The molecule has 1 spiro atoms. The molecule has 1 saturated carbocycles. The Morgan fingerprint density at radius 3 is 2.32 bits per heavy atom. The van der Waals surface area contributed by atoms with Gasteiger partial charge in [0.1, 0.15) is 0 Å². The van der Waals surface area contributed by atoms with E-state index in [-0.39, 0.29) is 5.41 Å². The summed E-state index contributed by atoms with van der Waals surface area (Å²) in [6.45, 7) is 6.64. The van der Waals surface area contributed by atoms with Crippen LogP contribution in [0.5, 0.6) is 0 Å². The van der Waals surface area contributed by atoms with E-state index in [9.17, 15) is 4.79 Å². The molecule has 2 rings (SSSR count). The molecule has 0 atom stereocenters. The van der Waals surface area contributed by atoms with E-state index in [0.29, 0.717) is 17.9 Å². The van der Waals surface area contributed by atoms with E-state index in [0.717, 1.165) is 25.9 Å². The fraction of sp³-hybridized carbons (Fsp3) is 0.938. The quantitative estimate of drug-likeness (QED) is 0.850. The summed E-state index contributed by atoms with van der Waals surface area (Å²) < 4.78 is 0. The number of hydrogen-bond acceptors (Lipinski definition) is 2. The van der Waals surface area contributed by atoms with Crippen LogP contribution in [0, 0.1) is 10.8 Å². The summed E-state index contributed by atoms with van der Waals surface area (Å²) >= 11 is 0. The Morgan fingerprint density at radius 1 is 1.16 bits per heavy atom. The Hall–Kier alpha value is -0.570. The molecule has 3 heteroatoms. The first-order valence-corrected chi connectivity index (χ1v) is 8.11. The van der Waals surface area contributed by atoms with E-state index >= 15 is 0 Å². The van der Waals surface area contributed by atoms with Crippen LogP contribution in [0.2, 0.25) is 0 Å². The van der Waals surface area contributed by atoms with Gasteiger partial charge in [0.15, 0.2) is 0 Å². The van der Waals surface area contributed by atoms with Crippen molar-refractivity contribution in [3.05, 3.63) is 0 Å². The van der Waals surface area contributed by atoms with Crippen molar-refractivity contribution in [3.63, 3.8) is 0 Å². The molecule has 2 aliphatic rings. The molecule has 19 heavy (non-hydrogen) atoms. The number of carbonyl (C=O) groups is 1. The lowest BCUT2D eigenvalue weighted by atomic mass is 9.73. The van der Waals surface area contributed by atoms with Crippen molar-refractivity contribution in [1.29, 1.82) is 0 Å². The van der Waals surface area contributed by atoms with Gasteiger partial charge in [0.25, 0.3) is 0 Å². The summed E-state index contributed by atoms with van der Waals surface area (Å²) in [5, 5.41) is 0. The van der Waals surface area contributed by atoms with Crippen LogP contribution in [0.25, 0.3) is 0 Å². The van der Waals surface area contributed by atoms with Crippen molar-refractivity contribution < 1.29 is 4.79 Å². The third-order valence-corrected chi connectivity index (χ3v) is 5.84. The molecule has 0 aromatic carbocycles. The van der Waals surface area contributed by atoms with Crippen molar-refractivity contribution in [1.82, 2.24) is 4.90 Å². The minimum atomic E-state index is -0.305. The molecular weight excluding hydrogens is 236 g/mol. The van der Waals surface area contributed by atoms with Gasteiger partial charge in [-0.15, -0.1) is 0 Å². The fourth-order valence-electron chi connectivity index (χ4n) is 4.08.